The van der Waals surface area contributed by atoms with Crippen LogP contribution in [0.3, 0.4) is 0 Å². The van der Waals surface area contributed by atoms with E-state index in [1.165, 1.54) is 0 Å². The molecule has 2 N–H and O–H groups in total. The Morgan fingerprint density at radius 2 is 1.90 bits per heavy atom. The lowest BCUT2D eigenvalue weighted by atomic mass is 9.95. The lowest BCUT2D eigenvalue weighted by Crippen LogP contribution is -2.30. The van der Waals surface area contributed by atoms with E-state index in [1.54, 1.807) is 0 Å². The number of nitrogens with two attached hydrogens (primary N) is 1. The molecule has 0 radical (unpaired) electrons. The third kappa shape index (κ3) is 3.79. The normalized spacial score (nSPS) is 13.9. The van der Waals surface area contributed by atoms with Gasteiger partial charge in [0.15, 0.2) is 0 Å². The van der Waals surface area contributed by atoms with Crippen molar-refractivity contribution in [1.82, 2.24) is 10.1 Å². The number of hydrogen-bond acceptors (Lipinski definition) is 5. The zero-order valence-corrected chi connectivity index (χ0v) is 13.5. The van der Waals surface area contributed by atoms with Crippen LogP contribution in [-0.4, -0.2) is 23.3 Å². The molecule has 0 saturated heterocycles. The molecule has 116 valence electrons. The molecule has 20 heavy (non-hydrogen) atoms. The quantitative estimate of drug-likeness (QED) is 0.753. The Morgan fingerprint density at radius 1 is 1.25 bits per heavy atom. The van der Waals surface area contributed by atoms with Gasteiger partial charge in [0.2, 0.25) is 11.7 Å². The molecule has 0 aliphatic heterocycles. The number of ether oxygens (including phenoxy) is 1. The van der Waals surface area contributed by atoms with Gasteiger partial charge in [-0.1, -0.05) is 32.9 Å². The van der Waals surface area contributed by atoms with E-state index < -0.39 is 5.60 Å². The average Bonchev–Trinajstić information content (AvgIpc) is 2.92. The van der Waals surface area contributed by atoms with Crippen LogP contribution in [0.2, 0.25) is 0 Å². The van der Waals surface area contributed by atoms with Gasteiger partial charge >= 0.3 is 0 Å². The SMILES string of the molecule is CCOC(CC)(CC)c1noc(C(CN)CC(C)C)n1. The first-order chi connectivity index (χ1) is 9.52. The van der Waals surface area contributed by atoms with E-state index in [-0.39, 0.29) is 5.92 Å². The molecule has 0 saturated carbocycles. The molecule has 0 aliphatic carbocycles. The van der Waals surface area contributed by atoms with Crippen molar-refractivity contribution >= 4 is 0 Å². The van der Waals surface area contributed by atoms with Gasteiger partial charge in [-0.3, -0.25) is 0 Å². The first-order valence-corrected chi connectivity index (χ1v) is 7.71. The van der Waals surface area contributed by atoms with Crippen LogP contribution in [-0.2, 0) is 10.3 Å². The molecule has 0 fully saturated rings. The van der Waals surface area contributed by atoms with Crippen molar-refractivity contribution in [3.05, 3.63) is 11.7 Å². The van der Waals surface area contributed by atoms with E-state index in [9.17, 15) is 0 Å². The van der Waals surface area contributed by atoms with Crippen molar-refractivity contribution in [1.29, 1.82) is 0 Å². The second-order valence-electron chi connectivity index (χ2n) is 5.65. The van der Waals surface area contributed by atoms with Crippen LogP contribution < -0.4 is 5.73 Å². The lowest BCUT2D eigenvalue weighted by molar-refractivity contribution is -0.0583. The number of aromatic nitrogens is 2. The summed E-state index contributed by atoms with van der Waals surface area (Å²) in [5, 5.41) is 4.16. The monoisotopic (exact) mass is 283 g/mol. The highest BCUT2D eigenvalue weighted by Gasteiger charge is 2.35. The third-order valence-electron chi connectivity index (χ3n) is 3.80. The highest BCUT2D eigenvalue weighted by atomic mass is 16.5. The van der Waals surface area contributed by atoms with Gasteiger partial charge in [0.05, 0.1) is 5.92 Å². The molecule has 1 aromatic heterocycles. The predicted octanol–water partition coefficient (Wildman–Crippen LogP) is 3.21. The van der Waals surface area contributed by atoms with Gasteiger partial charge in [0.25, 0.3) is 0 Å². The molecule has 5 nitrogen and oxygen atoms in total. The summed E-state index contributed by atoms with van der Waals surface area (Å²) in [7, 11) is 0. The minimum atomic E-state index is -0.437. The van der Waals surface area contributed by atoms with Gasteiger partial charge in [0, 0.05) is 13.2 Å². The second-order valence-corrected chi connectivity index (χ2v) is 5.65. The Bertz CT molecular complexity index is 386. The van der Waals surface area contributed by atoms with E-state index in [2.05, 4.69) is 37.8 Å². The van der Waals surface area contributed by atoms with Crippen molar-refractivity contribution in [2.75, 3.05) is 13.2 Å². The van der Waals surface area contributed by atoms with Crippen LogP contribution in [0.25, 0.3) is 0 Å². The molecule has 5 heteroatoms. The Balaban J connectivity index is 2.99. The summed E-state index contributed by atoms with van der Waals surface area (Å²) in [6.07, 6.45) is 2.61. The van der Waals surface area contributed by atoms with Crippen molar-refractivity contribution in [3.8, 4) is 0 Å². The minimum Gasteiger partial charge on any atom is -0.367 e. The average molecular weight is 283 g/mol. The van der Waals surface area contributed by atoms with Crippen LogP contribution in [0.1, 0.15) is 71.5 Å². The molecule has 1 heterocycles. The first-order valence-electron chi connectivity index (χ1n) is 7.71. The molecular formula is C15H29N3O2. The molecule has 1 aromatic rings. The Labute approximate surface area is 122 Å². The fourth-order valence-corrected chi connectivity index (χ4v) is 2.56. The zero-order chi connectivity index (χ0) is 15.2. The van der Waals surface area contributed by atoms with Crippen LogP contribution in [0.5, 0.6) is 0 Å². The Kier molecular flexibility index (Phi) is 6.62. The third-order valence-corrected chi connectivity index (χ3v) is 3.80. The van der Waals surface area contributed by atoms with E-state index in [1.807, 2.05) is 6.92 Å². The van der Waals surface area contributed by atoms with Crippen molar-refractivity contribution in [3.63, 3.8) is 0 Å². The molecule has 0 amide bonds. The fourth-order valence-electron chi connectivity index (χ4n) is 2.56. The van der Waals surface area contributed by atoms with E-state index in [4.69, 9.17) is 15.0 Å². The van der Waals surface area contributed by atoms with Gasteiger partial charge in [-0.05, 0) is 32.1 Å². The number of nitrogens with zero attached hydrogens (tertiary/aromatic N) is 2. The maximum absolute atomic E-state index is 5.91. The maximum Gasteiger partial charge on any atom is 0.231 e. The molecular weight excluding hydrogens is 254 g/mol. The summed E-state index contributed by atoms with van der Waals surface area (Å²) in [5.74, 6) is 1.97. The van der Waals surface area contributed by atoms with E-state index >= 15 is 0 Å². The zero-order valence-electron chi connectivity index (χ0n) is 13.5. The van der Waals surface area contributed by atoms with Gasteiger partial charge in [-0.2, -0.15) is 4.98 Å². The van der Waals surface area contributed by atoms with Gasteiger partial charge in [-0.25, -0.2) is 0 Å². The maximum atomic E-state index is 5.91. The number of rotatable bonds is 9. The van der Waals surface area contributed by atoms with E-state index in [0.717, 1.165) is 19.3 Å². The van der Waals surface area contributed by atoms with Gasteiger partial charge in [-0.15, -0.1) is 0 Å². The summed E-state index contributed by atoms with van der Waals surface area (Å²) < 4.78 is 11.4. The second kappa shape index (κ2) is 7.74. The summed E-state index contributed by atoms with van der Waals surface area (Å²) in [5.41, 5.74) is 5.40. The molecule has 0 aromatic carbocycles. The summed E-state index contributed by atoms with van der Waals surface area (Å²) in [6.45, 7) is 11.7. The van der Waals surface area contributed by atoms with Crippen LogP contribution >= 0.6 is 0 Å². The Morgan fingerprint density at radius 3 is 2.35 bits per heavy atom. The first kappa shape index (κ1) is 17.1. The molecule has 0 aliphatic rings. The summed E-state index contributed by atoms with van der Waals surface area (Å²) >= 11 is 0. The fraction of sp³-hybridized carbons (Fsp3) is 0.867. The molecule has 0 spiro atoms. The highest BCUT2D eigenvalue weighted by molar-refractivity contribution is 5.04. The predicted molar refractivity (Wildman–Crippen MR) is 79.4 cm³/mol. The van der Waals surface area contributed by atoms with Crippen LogP contribution in [0.4, 0.5) is 0 Å². The van der Waals surface area contributed by atoms with Crippen molar-refractivity contribution in [2.24, 2.45) is 11.7 Å². The molecule has 1 atom stereocenters. The smallest absolute Gasteiger partial charge is 0.231 e. The Hall–Kier alpha value is -0.940. The van der Waals surface area contributed by atoms with Crippen molar-refractivity contribution in [2.45, 2.75) is 65.4 Å². The molecule has 1 rings (SSSR count). The number of hydrogen-bond donors (Lipinski definition) is 1. The lowest BCUT2D eigenvalue weighted by Gasteiger charge is -2.27. The minimum absolute atomic E-state index is 0.129. The molecule has 1 unspecified atom stereocenters. The summed E-state index contributed by atoms with van der Waals surface area (Å²) in [4.78, 5) is 4.58. The van der Waals surface area contributed by atoms with Crippen molar-refractivity contribution < 1.29 is 9.26 Å². The largest absolute Gasteiger partial charge is 0.367 e. The summed E-state index contributed by atoms with van der Waals surface area (Å²) in [6, 6.07) is 0. The molecule has 0 bridgehead atoms. The van der Waals surface area contributed by atoms with E-state index in [0.29, 0.717) is 30.8 Å². The topological polar surface area (TPSA) is 74.2 Å². The van der Waals surface area contributed by atoms with Gasteiger partial charge in [0.1, 0.15) is 5.60 Å². The standard InChI is InChI=1S/C15H29N3O2/c1-6-15(7-2,19-8-3)14-17-13(20-18-14)12(10-16)9-11(4)5/h11-12H,6-10,16H2,1-5H3. The highest BCUT2D eigenvalue weighted by Crippen LogP contribution is 2.32. The van der Waals surface area contributed by atoms with Gasteiger partial charge < -0.3 is 15.0 Å². The van der Waals surface area contributed by atoms with Crippen LogP contribution in [0, 0.1) is 5.92 Å². The van der Waals surface area contributed by atoms with Crippen LogP contribution in [0.15, 0.2) is 4.52 Å².